The van der Waals surface area contributed by atoms with Crippen LogP contribution in [0.3, 0.4) is 0 Å². The zero-order chi connectivity index (χ0) is 34.3. The maximum absolute atomic E-state index is 14.6. The van der Waals surface area contributed by atoms with Gasteiger partial charge in [0.1, 0.15) is 31.6 Å². The molecule has 252 valence electrons. The van der Waals surface area contributed by atoms with Gasteiger partial charge >= 0.3 is 0 Å². The van der Waals surface area contributed by atoms with Gasteiger partial charge in [-0.1, -0.05) is 61.0 Å². The fourth-order valence-electron chi connectivity index (χ4n) is 5.27. The van der Waals surface area contributed by atoms with Crippen LogP contribution in [0.15, 0.2) is 102 Å². The third-order valence-corrected chi connectivity index (χ3v) is 10.0. The van der Waals surface area contributed by atoms with Crippen molar-refractivity contribution < 1.29 is 31.9 Å². The smallest absolute Gasteiger partial charge is 0.264 e. The molecule has 0 aliphatic carbocycles. The molecule has 4 aromatic carbocycles. The van der Waals surface area contributed by atoms with Gasteiger partial charge in [0, 0.05) is 30.1 Å². The van der Waals surface area contributed by atoms with E-state index in [1.807, 2.05) is 44.2 Å². The Labute approximate surface area is 285 Å². The van der Waals surface area contributed by atoms with Gasteiger partial charge in [0.05, 0.1) is 10.6 Å². The number of sulfonamides is 1. The van der Waals surface area contributed by atoms with Crippen LogP contribution in [0.1, 0.15) is 31.4 Å². The van der Waals surface area contributed by atoms with Crippen molar-refractivity contribution in [2.75, 3.05) is 24.1 Å². The summed E-state index contributed by atoms with van der Waals surface area (Å²) in [5.74, 6) is -0.963. The molecule has 1 aliphatic heterocycles. The van der Waals surface area contributed by atoms with E-state index in [2.05, 4.69) is 5.32 Å². The largest absolute Gasteiger partial charge is 0.486 e. The number of amides is 2. The summed E-state index contributed by atoms with van der Waals surface area (Å²) in [7, 11) is -4.43. The molecule has 1 heterocycles. The SMILES string of the molecule is CC[C@H](C)NC(=O)[C@H](Cc1ccccc1)N(Cc1cccc(Cl)c1)C(=O)CN(c1ccc(F)cc1)S(=O)(=O)c1ccc2c(c1)OCCO2. The summed E-state index contributed by atoms with van der Waals surface area (Å²) in [5, 5.41) is 3.44. The van der Waals surface area contributed by atoms with Crippen molar-refractivity contribution in [2.45, 2.75) is 50.2 Å². The fraction of sp³-hybridized carbons (Fsp3) is 0.278. The molecule has 0 fully saturated rings. The van der Waals surface area contributed by atoms with Crippen molar-refractivity contribution in [2.24, 2.45) is 0 Å². The van der Waals surface area contributed by atoms with Crippen LogP contribution in [0.2, 0.25) is 5.02 Å². The Kier molecular flexibility index (Phi) is 11.2. The van der Waals surface area contributed by atoms with E-state index in [1.165, 1.54) is 35.2 Å². The topological polar surface area (TPSA) is 105 Å². The van der Waals surface area contributed by atoms with Crippen LogP contribution in [0.5, 0.6) is 11.5 Å². The lowest BCUT2D eigenvalue weighted by Gasteiger charge is -2.34. The molecule has 2 amide bonds. The quantitative estimate of drug-likeness (QED) is 0.184. The molecule has 0 saturated carbocycles. The number of halogens is 2. The van der Waals surface area contributed by atoms with Crippen molar-refractivity contribution in [1.29, 1.82) is 0 Å². The summed E-state index contributed by atoms with van der Waals surface area (Å²) in [6.45, 7) is 3.66. The number of carbonyl (C=O) groups is 2. The summed E-state index contributed by atoms with van der Waals surface area (Å²) in [4.78, 5) is 29.7. The summed E-state index contributed by atoms with van der Waals surface area (Å²) in [6, 6.07) is 24.0. The third kappa shape index (κ3) is 8.45. The van der Waals surface area contributed by atoms with Gasteiger partial charge in [0.25, 0.3) is 10.0 Å². The van der Waals surface area contributed by atoms with Gasteiger partial charge in [-0.2, -0.15) is 0 Å². The van der Waals surface area contributed by atoms with E-state index in [-0.39, 0.29) is 47.9 Å². The Morgan fingerprint density at radius 1 is 0.896 bits per heavy atom. The third-order valence-electron chi connectivity index (χ3n) is 8.01. The molecule has 0 bridgehead atoms. The fourth-order valence-corrected chi connectivity index (χ4v) is 6.92. The highest BCUT2D eigenvalue weighted by Gasteiger charge is 2.35. The van der Waals surface area contributed by atoms with Gasteiger partial charge in [-0.3, -0.25) is 13.9 Å². The first kappa shape index (κ1) is 34.7. The average molecular weight is 694 g/mol. The number of fused-ring (bicyclic) bond motifs is 1. The number of hydrogen-bond donors (Lipinski definition) is 1. The van der Waals surface area contributed by atoms with Gasteiger partial charge < -0.3 is 19.7 Å². The summed E-state index contributed by atoms with van der Waals surface area (Å²) >= 11 is 6.30. The molecule has 5 rings (SSSR count). The van der Waals surface area contributed by atoms with Crippen molar-refractivity contribution in [3.8, 4) is 11.5 Å². The number of hydrogen-bond acceptors (Lipinski definition) is 6. The summed E-state index contributed by atoms with van der Waals surface area (Å²) < 4.78 is 54.8. The van der Waals surface area contributed by atoms with E-state index in [4.69, 9.17) is 21.1 Å². The van der Waals surface area contributed by atoms with Crippen LogP contribution < -0.4 is 19.1 Å². The standard InChI is InChI=1S/C36H37ClFN3O6S/c1-3-25(2)39-36(43)32(21-26-8-5-4-6-9-26)40(23-27-10-7-11-28(37)20-27)35(42)24-41(30-14-12-29(38)13-15-30)48(44,45)31-16-17-33-34(22-31)47-19-18-46-33/h4-17,20,22,25,32H,3,18-19,21,23-24H2,1-2H3,(H,39,43)/t25-,32-/m0/s1. The molecule has 1 N–H and O–H groups in total. The van der Waals surface area contributed by atoms with Gasteiger partial charge in [-0.25, -0.2) is 12.8 Å². The van der Waals surface area contributed by atoms with Crippen LogP contribution in [0, 0.1) is 5.82 Å². The van der Waals surface area contributed by atoms with Crippen molar-refractivity contribution in [3.63, 3.8) is 0 Å². The number of ether oxygens (including phenoxy) is 2. The summed E-state index contributed by atoms with van der Waals surface area (Å²) in [6.07, 6.45) is 0.832. The second kappa shape index (κ2) is 15.5. The van der Waals surface area contributed by atoms with Crippen molar-refractivity contribution in [3.05, 3.63) is 119 Å². The molecule has 1 aliphatic rings. The van der Waals surface area contributed by atoms with Gasteiger partial charge in [-0.15, -0.1) is 0 Å². The predicted octanol–water partition coefficient (Wildman–Crippen LogP) is 6.00. The van der Waals surface area contributed by atoms with Crippen LogP contribution >= 0.6 is 11.6 Å². The minimum atomic E-state index is -4.43. The van der Waals surface area contributed by atoms with E-state index in [0.717, 1.165) is 22.0 Å². The van der Waals surface area contributed by atoms with Crippen LogP contribution in [0.4, 0.5) is 10.1 Å². The molecule has 0 radical (unpaired) electrons. The number of benzene rings is 4. The lowest BCUT2D eigenvalue weighted by atomic mass is 10.0. The van der Waals surface area contributed by atoms with Gasteiger partial charge in [-0.05, 0) is 73.0 Å². The minimum absolute atomic E-state index is 0.0356. The molecule has 0 saturated heterocycles. The highest BCUT2D eigenvalue weighted by atomic mass is 35.5. The van der Waals surface area contributed by atoms with E-state index in [1.54, 1.807) is 24.3 Å². The monoisotopic (exact) mass is 693 g/mol. The molecule has 0 aromatic heterocycles. The summed E-state index contributed by atoms with van der Waals surface area (Å²) in [5.41, 5.74) is 1.52. The number of rotatable bonds is 13. The Morgan fingerprint density at radius 2 is 1.58 bits per heavy atom. The van der Waals surface area contributed by atoms with Crippen molar-refractivity contribution in [1.82, 2.24) is 10.2 Å². The molecule has 4 aromatic rings. The lowest BCUT2D eigenvalue weighted by Crippen LogP contribution is -2.54. The van der Waals surface area contributed by atoms with Crippen molar-refractivity contribution >= 4 is 39.1 Å². The predicted molar refractivity (Wildman–Crippen MR) is 182 cm³/mol. The average Bonchev–Trinajstić information content (AvgIpc) is 3.09. The normalized spacial score (nSPS) is 13.7. The maximum Gasteiger partial charge on any atom is 0.264 e. The number of nitrogens with one attached hydrogen (secondary N) is 1. The first-order valence-electron chi connectivity index (χ1n) is 15.6. The molecule has 12 heteroatoms. The highest BCUT2D eigenvalue weighted by molar-refractivity contribution is 7.92. The zero-order valence-electron chi connectivity index (χ0n) is 26.6. The first-order chi connectivity index (χ1) is 23.0. The second-order valence-electron chi connectivity index (χ2n) is 11.5. The number of carbonyl (C=O) groups excluding carboxylic acids is 2. The van der Waals surface area contributed by atoms with Crippen LogP contribution in [-0.2, 0) is 32.6 Å². The maximum atomic E-state index is 14.6. The zero-order valence-corrected chi connectivity index (χ0v) is 28.2. The minimum Gasteiger partial charge on any atom is -0.486 e. The lowest BCUT2D eigenvalue weighted by molar-refractivity contribution is -0.140. The van der Waals surface area contributed by atoms with E-state index in [9.17, 15) is 22.4 Å². The Morgan fingerprint density at radius 3 is 2.27 bits per heavy atom. The van der Waals surface area contributed by atoms with Crippen LogP contribution in [0.25, 0.3) is 0 Å². The van der Waals surface area contributed by atoms with E-state index >= 15 is 0 Å². The molecular formula is C36H37ClFN3O6S. The molecule has 9 nitrogen and oxygen atoms in total. The Balaban J connectivity index is 1.58. The number of nitrogens with zero attached hydrogens (tertiary/aromatic N) is 2. The molecular weight excluding hydrogens is 657 g/mol. The molecule has 48 heavy (non-hydrogen) atoms. The molecule has 0 unspecified atom stereocenters. The van der Waals surface area contributed by atoms with Gasteiger partial charge in [0.2, 0.25) is 11.8 Å². The number of anilines is 1. The molecule has 0 spiro atoms. The van der Waals surface area contributed by atoms with Gasteiger partial charge in [0.15, 0.2) is 11.5 Å². The highest BCUT2D eigenvalue weighted by Crippen LogP contribution is 2.34. The van der Waals surface area contributed by atoms with Crippen LogP contribution in [-0.4, -0.2) is 57.0 Å². The first-order valence-corrected chi connectivity index (χ1v) is 17.4. The Bertz CT molecular complexity index is 1840. The second-order valence-corrected chi connectivity index (χ2v) is 13.8. The van der Waals surface area contributed by atoms with E-state index < -0.39 is 34.3 Å². The Hall–Kier alpha value is -4.61. The molecule has 2 atom stereocenters. The van der Waals surface area contributed by atoms with E-state index in [0.29, 0.717) is 29.4 Å².